The maximum Gasteiger partial charge on any atom is 0.126 e. The van der Waals surface area contributed by atoms with Crippen LogP contribution in [0.1, 0.15) is 65.8 Å². The van der Waals surface area contributed by atoms with Gasteiger partial charge in [0.2, 0.25) is 0 Å². The first kappa shape index (κ1) is 17.8. The van der Waals surface area contributed by atoms with E-state index in [-0.39, 0.29) is 17.7 Å². The number of aryl methyl sites for hydroxylation is 1. The van der Waals surface area contributed by atoms with Crippen molar-refractivity contribution in [3.05, 3.63) is 100 Å². The second-order valence-electron chi connectivity index (χ2n) is 7.85. The van der Waals surface area contributed by atoms with Crippen LogP contribution in [0.2, 0.25) is 0 Å². The molecule has 0 aromatic heterocycles. The molecule has 0 saturated heterocycles. The third-order valence-corrected chi connectivity index (χ3v) is 5.82. The van der Waals surface area contributed by atoms with E-state index in [9.17, 15) is 9.50 Å². The van der Waals surface area contributed by atoms with Crippen molar-refractivity contribution in [1.82, 2.24) is 0 Å². The van der Waals surface area contributed by atoms with E-state index in [0.29, 0.717) is 11.7 Å². The van der Waals surface area contributed by atoms with E-state index >= 15 is 0 Å². The van der Waals surface area contributed by atoms with Crippen LogP contribution in [0.4, 0.5) is 4.39 Å². The highest BCUT2D eigenvalue weighted by molar-refractivity contribution is 5.48. The topological polar surface area (TPSA) is 20.2 Å². The lowest BCUT2D eigenvalue weighted by molar-refractivity contribution is 0.469. The Bertz CT molecular complexity index is 946. The summed E-state index contributed by atoms with van der Waals surface area (Å²) in [6.45, 7) is 4.03. The largest absolute Gasteiger partial charge is 0.508 e. The summed E-state index contributed by atoms with van der Waals surface area (Å²) in [7, 11) is 0. The molecule has 2 heteroatoms. The van der Waals surface area contributed by atoms with Crippen LogP contribution in [0, 0.1) is 5.82 Å². The van der Waals surface area contributed by atoms with Crippen LogP contribution < -0.4 is 0 Å². The molecule has 1 aliphatic rings. The minimum absolute atomic E-state index is 0.0902. The monoisotopic (exact) mass is 360 g/mol. The van der Waals surface area contributed by atoms with E-state index in [0.717, 1.165) is 24.0 Å². The summed E-state index contributed by atoms with van der Waals surface area (Å²) >= 11 is 0. The lowest BCUT2D eigenvalue weighted by atomic mass is 9.69. The quantitative estimate of drug-likeness (QED) is 0.564. The summed E-state index contributed by atoms with van der Waals surface area (Å²) in [5, 5.41) is 9.91. The zero-order valence-electron chi connectivity index (χ0n) is 15.8. The molecular weight excluding hydrogens is 335 g/mol. The third kappa shape index (κ3) is 3.37. The highest BCUT2D eigenvalue weighted by atomic mass is 19.1. The summed E-state index contributed by atoms with van der Waals surface area (Å²) in [5.41, 5.74) is 5.42. The predicted molar refractivity (Wildman–Crippen MR) is 108 cm³/mol. The molecule has 0 spiro atoms. The Hall–Kier alpha value is -2.61. The fourth-order valence-electron chi connectivity index (χ4n) is 4.48. The van der Waals surface area contributed by atoms with Crippen LogP contribution >= 0.6 is 0 Å². The van der Waals surface area contributed by atoms with Crippen molar-refractivity contribution in [1.29, 1.82) is 0 Å². The fraction of sp³-hybridized carbons (Fsp3) is 0.280. The Balaban J connectivity index is 1.85. The van der Waals surface area contributed by atoms with Crippen LogP contribution in [-0.2, 0) is 6.42 Å². The van der Waals surface area contributed by atoms with Gasteiger partial charge >= 0.3 is 0 Å². The van der Waals surface area contributed by atoms with Gasteiger partial charge in [-0.3, -0.25) is 0 Å². The number of benzene rings is 3. The Morgan fingerprint density at radius 2 is 1.70 bits per heavy atom. The molecule has 0 aliphatic heterocycles. The van der Waals surface area contributed by atoms with E-state index in [2.05, 4.69) is 30.3 Å². The van der Waals surface area contributed by atoms with Crippen LogP contribution in [0.3, 0.4) is 0 Å². The molecular formula is C25H25FO. The van der Waals surface area contributed by atoms with Crippen LogP contribution in [0.25, 0.3) is 0 Å². The predicted octanol–water partition coefficient (Wildman–Crippen LogP) is 6.52. The van der Waals surface area contributed by atoms with Crippen molar-refractivity contribution in [2.24, 2.45) is 0 Å². The second kappa shape index (κ2) is 7.19. The number of hydrogen-bond donors (Lipinski definition) is 1. The van der Waals surface area contributed by atoms with E-state index in [4.69, 9.17) is 0 Å². The first-order valence-electron chi connectivity index (χ1n) is 9.70. The number of fused-ring (bicyclic) bond motifs is 1. The molecule has 2 atom stereocenters. The van der Waals surface area contributed by atoms with Gasteiger partial charge in [-0.25, -0.2) is 4.39 Å². The molecule has 0 amide bonds. The summed E-state index contributed by atoms with van der Waals surface area (Å²) in [6, 6.07) is 21.9. The molecule has 0 heterocycles. The highest BCUT2D eigenvalue weighted by Gasteiger charge is 2.32. The second-order valence-corrected chi connectivity index (χ2v) is 7.85. The van der Waals surface area contributed by atoms with Gasteiger partial charge in [-0.2, -0.15) is 0 Å². The summed E-state index contributed by atoms with van der Waals surface area (Å²) in [5.74, 6) is 0.728. The van der Waals surface area contributed by atoms with Gasteiger partial charge in [0.25, 0.3) is 0 Å². The van der Waals surface area contributed by atoms with Crippen molar-refractivity contribution in [2.75, 3.05) is 0 Å². The molecule has 4 rings (SSSR count). The highest BCUT2D eigenvalue weighted by Crippen LogP contribution is 2.47. The smallest absolute Gasteiger partial charge is 0.126 e. The molecule has 0 radical (unpaired) electrons. The summed E-state index contributed by atoms with van der Waals surface area (Å²) < 4.78 is 14.8. The zero-order valence-corrected chi connectivity index (χ0v) is 15.8. The average Bonchev–Trinajstić information content (AvgIpc) is 2.67. The summed E-state index contributed by atoms with van der Waals surface area (Å²) in [4.78, 5) is 0. The van der Waals surface area contributed by atoms with Crippen LogP contribution in [0.15, 0.2) is 66.7 Å². The molecule has 0 unspecified atom stereocenters. The minimum Gasteiger partial charge on any atom is -0.508 e. The van der Waals surface area contributed by atoms with Crippen LogP contribution in [-0.4, -0.2) is 5.11 Å². The van der Waals surface area contributed by atoms with Gasteiger partial charge in [0.15, 0.2) is 0 Å². The van der Waals surface area contributed by atoms with Gasteiger partial charge in [0, 0.05) is 5.92 Å². The minimum atomic E-state index is -0.125. The molecule has 0 saturated carbocycles. The molecule has 1 aliphatic carbocycles. The number of rotatable bonds is 3. The normalized spacial score (nSPS) is 19.1. The SMILES string of the molecule is CC(C)c1ccc([C@@H]2c3ccc(O)cc3CC[C@@H]2c2ccccc2)cc1F. The number of phenols is 1. The Morgan fingerprint density at radius 1 is 0.926 bits per heavy atom. The number of phenolic OH excluding ortho intramolecular Hbond substituents is 1. The molecule has 3 aromatic carbocycles. The molecule has 3 aromatic rings. The van der Waals surface area contributed by atoms with Crippen molar-refractivity contribution >= 4 is 0 Å². The van der Waals surface area contributed by atoms with Gasteiger partial charge in [-0.1, -0.05) is 62.4 Å². The van der Waals surface area contributed by atoms with E-state index in [1.165, 1.54) is 16.7 Å². The van der Waals surface area contributed by atoms with Gasteiger partial charge in [0.05, 0.1) is 0 Å². The molecule has 1 N–H and O–H groups in total. The average molecular weight is 360 g/mol. The number of halogens is 1. The number of aromatic hydroxyl groups is 1. The zero-order chi connectivity index (χ0) is 19.0. The van der Waals surface area contributed by atoms with Gasteiger partial charge in [0.1, 0.15) is 11.6 Å². The van der Waals surface area contributed by atoms with E-state index in [1.54, 1.807) is 12.1 Å². The van der Waals surface area contributed by atoms with Crippen LogP contribution in [0.5, 0.6) is 5.75 Å². The van der Waals surface area contributed by atoms with E-state index in [1.807, 2.05) is 38.1 Å². The van der Waals surface area contributed by atoms with Crippen molar-refractivity contribution in [3.8, 4) is 5.75 Å². The first-order valence-corrected chi connectivity index (χ1v) is 9.70. The molecule has 138 valence electrons. The standard InChI is InChI=1S/C25H25FO/c1-16(2)21-11-9-19(15-24(21)26)25-22(17-6-4-3-5-7-17)12-8-18-14-20(27)10-13-23(18)25/h3-7,9-11,13-16,22,25,27H,8,12H2,1-2H3/t22-,25+/m1/s1. The van der Waals surface area contributed by atoms with Crippen molar-refractivity contribution < 1.29 is 9.50 Å². The van der Waals surface area contributed by atoms with Gasteiger partial charge < -0.3 is 5.11 Å². The fourth-order valence-corrected chi connectivity index (χ4v) is 4.48. The maximum atomic E-state index is 14.8. The lowest BCUT2D eigenvalue weighted by Gasteiger charge is -2.35. The maximum absolute atomic E-state index is 14.8. The Morgan fingerprint density at radius 3 is 2.41 bits per heavy atom. The molecule has 0 bridgehead atoms. The van der Waals surface area contributed by atoms with E-state index < -0.39 is 0 Å². The van der Waals surface area contributed by atoms with Crippen molar-refractivity contribution in [3.63, 3.8) is 0 Å². The summed E-state index contributed by atoms with van der Waals surface area (Å²) in [6.07, 6.45) is 1.91. The van der Waals surface area contributed by atoms with Gasteiger partial charge in [-0.05, 0) is 70.7 Å². The molecule has 27 heavy (non-hydrogen) atoms. The molecule has 1 nitrogen and oxygen atoms in total. The Labute approximate surface area is 160 Å². The van der Waals surface area contributed by atoms with Crippen molar-refractivity contribution in [2.45, 2.75) is 44.4 Å². The molecule has 0 fully saturated rings. The lowest BCUT2D eigenvalue weighted by Crippen LogP contribution is -2.20. The third-order valence-electron chi connectivity index (χ3n) is 5.82. The Kier molecular flexibility index (Phi) is 4.73. The number of hydrogen-bond acceptors (Lipinski definition) is 1. The first-order chi connectivity index (χ1) is 13.0. The van der Waals surface area contributed by atoms with Gasteiger partial charge in [-0.15, -0.1) is 0 Å².